The Hall–Kier alpha value is -0.280. The molecule has 3 N–H and O–H groups in total. The molecule has 182 valence electrons. The van der Waals surface area contributed by atoms with Crippen molar-refractivity contribution in [3.05, 3.63) is 0 Å². The molecule has 0 bridgehead atoms. The predicted octanol–water partition coefficient (Wildman–Crippen LogP) is 2.27. The minimum atomic E-state index is 0.124. The van der Waals surface area contributed by atoms with Gasteiger partial charge in [0.1, 0.15) is 0 Å². The van der Waals surface area contributed by atoms with Crippen LogP contribution in [0.1, 0.15) is 59.8 Å². The van der Waals surface area contributed by atoms with Crippen LogP contribution in [0.25, 0.3) is 0 Å². The molecule has 0 aromatic heterocycles. The van der Waals surface area contributed by atoms with Crippen LogP contribution in [0.5, 0.6) is 0 Å². The zero-order chi connectivity index (χ0) is 22.8. The number of aliphatic hydroxyl groups excluding tert-OH is 1. The van der Waals surface area contributed by atoms with Crippen LogP contribution < -0.4 is 10.6 Å². The van der Waals surface area contributed by atoms with Crippen LogP contribution in [0.2, 0.25) is 0 Å². The summed E-state index contributed by atoms with van der Waals surface area (Å²) >= 11 is 0. The number of methoxy groups -OCH3 is 3. The highest BCUT2D eigenvalue weighted by atomic mass is 16.5. The molecule has 0 radical (unpaired) electrons. The highest BCUT2D eigenvalue weighted by Crippen LogP contribution is 2.30. The minimum Gasteiger partial charge on any atom is -0.397 e. The van der Waals surface area contributed by atoms with Crippen molar-refractivity contribution >= 4 is 0 Å². The van der Waals surface area contributed by atoms with Gasteiger partial charge in [-0.05, 0) is 59.8 Å². The average Bonchev–Trinajstić information content (AvgIpc) is 2.85. The molecule has 1 aliphatic rings. The molecule has 30 heavy (non-hydrogen) atoms. The highest BCUT2D eigenvalue weighted by Gasteiger charge is 2.37. The van der Waals surface area contributed by atoms with Gasteiger partial charge < -0.3 is 30.0 Å². The zero-order valence-corrected chi connectivity index (χ0v) is 20.8. The Labute approximate surface area is 186 Å². The lowest BCUT2D eigenvalue weighted by atomic mass is 9.83. The third-order valence-corrected chi connectivity index (χ3v) is 6.21. The third-order valence-electron chi connectivity index (χ3n) is 6.21. The third kappa shape index (κ3) is 12.5. The maximum Gasteiger partial charge on any atom is 0.0555 e. The van der Waals surface area contributed by atoms with Crippen molar-refractivity contribution in [2.24, 2.45) is 0 Å². The van der Waals surface area contributed by atoms with E-state index in [-0.39, 0.29) is 30.5 Å². The van der Waals surface area contributed by atoms with Gasteiger partial charge in [0.25, 0.3) is 0 Å². The van der Waals surface area contributed by atoms with Gasteiger partial charge in [-0.25, -0.2) is 0 Å². The Morgan fingerprint density at radius 2 is 1.30 bits per heavy atom. The van der Waals surface area contributed by atoms with E-state index in [1.165, 1.54) is 0 Å². The molecule has 1 aliphatic heterocycles. The van der Waals surface area contributed by atoms with Crippen LogP contribution in [0.15, 0.2) is 0 Å². The van der Waals surface area contributed by atoms with E-state index in [1.54, 1.807) is 14.0 Å². The van der Waals surface area contributed by atoms with Gasteiger partial charge in [0.05, 0.1) is 18.3 Å². The molecule has 0 aromatic carbocycles. The monoisotopic (exact) mass is 433 g/mol. The summed E-state index contributed by atoms with van der Waals surface area (Å²) in [6.07, 6.45) is 6.32. The molecule has 7 heteroatoms. The van der Waals surface area contributed by atoms with Crippen LogP contribution in [-0.2, 0) is 14.2 Å². The summed E-state index contributed by atoms with van der Waals surface area (Å²) in [5.41, 5.74) is 0.124. The molecule has 0 saturated carbocycles. The number of hydrogen-bond donors (Lipinski definition) is 3. The van der Waals surface area contributed by atoms with E-state index < -0.39 is 0 Å². The Morgan fingerprint density at radius 3 is 1.80 bits per heavy atom. The first-order valence-corrected chi connectivity index (χ1v) is 11.7. The van der Waals surface area contributed by atoms with Crippen molar-refractivity contribution in [2.45, 2.75) is 83.6 Å². The Balaban J connectivity index is 0.00000263. The summed E-state index contributed by atoms with van der Waals surface area (Å²) < 4.78 is 16.7. The fourth-order valence-electron chi connectivity index (χ4n) is 3.79. The van der Waals surface area contributed by atoms with Gasteiger partial charge in [0.2, 0.25) is 0 Å². The first-order chi connectivity index (χ1) is 14.4. The molecule has 0 amide bonds. The van der Waals surface area contributed by atoms with Crippen molar-refractivity contribution in [2.75, 3.05) is 67.2 Å². The minimum absolute atomic E-state index is 0.124. The molecule has 1 rings (SSSR count). The lowest BCUT2D eigenvalue weighted by molar-refractivity contribution is 0.0158. The van der Waals surface area contributed by atoms with E-state index in [1.807, 2.05) is 14.2 Å². The lowest BCUT2D eigenvalue weighted by Gasteiger charge is -2.46. The van der Waals surface area contributed by atoms with E-state index in [0.717, 1.165) is 71.4 Å². The summed E-state index contributed by atoms with van der Waals surface area (Å²) in [5, 5.41) is 14.8. The maximum absolute atomic E-state index is 7.57. The molecule has 1 fully saturated rings. The number of rotatable bonds is 12. The lowest BCUT2D eigenvalue weighted by Crippen LogP contribution is -2.57. The molecule has 1 saturated heterocycles. The summed E-state index contributed by atoms with van der Waals surface area (Å²) in [6.45, 7) is 14.7. The number of ether oxygens (including phenoxy) is 3. The molecule has 3 unspecified atom stereocenters. The molecule has 3 atom stereocenters. The van der Waals surface area contributed by atoms with Gasteiger partial charge >= 0.3 is 0 Å². The van der Waals surface area contributed by atoms with E-state index >= 15 is 0 Å². The van der Waals surface area contributed by atoms with E-state index in [4.69, 9.17) is 19.3 Å². The molecule has 1 heterocycles. The summed E-state index contributed by atoms with van der Waals surface area (Å²) in [5.74, 6) is 0. The molecular formula is C23H51N3O4. The molecule has 0 aliphatic carbocycles. The van der Waals surface area contributed by atoms with Crippen molar-refractivity contribution in [3.63, 3.8) is 0 Å². The van der Waals surface area contributed by atoms with Crippen LogP contribution in [0.4, 0.5) is 0 Å². The smallest absolute Gasteiger partial charge is 0.0555 e. The second-order valence-corrected chi connectivity index (χ2v) is 8.46. The van der Waals surface area contributed by atoms with Gasteiger partial charge in [-0.15, -0.1) is 0 Å². The van der Waals surface area contributed by atoms with Crippen molar-refractivity contribution in [3.8, 4) is 0 Å². The van der Waals surface area contributed by atoms with Gasteiger partial charge in [-0.2, -0.15) is 0 Å². The number of aliphatic hydroxyl groups is 1. The average molecular weight is 434 g/mol. The molecule has 0 spiro atoms. The van der Waals surface area contributed by atoms with E-state index in [0.29, 0.717) is 0 Å². The van der Waals surface area contributed by atoms with Crippen LogP contribution in [-0.4, -0.2) is 101 Å². The largest absolute Gasteiger partial charge is 0.397 e. The SMILES string of the molecule is CCO.COC(C)CCN1CCNCCNCC1(CCC(C)OC)CCC(C)OC. The molecular weight excluding hydrogens is 382 g/mol. The van der Waals surface area contributed by atoms with Crippen LogP contribution in [0.3, 0.4) is 0 Å². The second-order valence-electron chi connectivity index (χ2n) is 8.46. The van der Waals surface area contributed by atoms with Gasteiger partial charge in [0.15, 0.2) is 0 Å². The highest BCUT2D eigenvalue weighted by molar-refractivity contribution is 4.95. The predicted molar refractivity (Wildman–Crippen MR) is 125 cm³/mol. The summed E-state index contributed by atoms with van der Waals surface area (Å²) in [7, 11) is 5.43. The first-order valence-electron chi connectivity index (χ1n) is 11.7. The fraction of sp³-hybridized carbons (Fsp3) is 1.00. The van der Waals surface area contributed by atoms with Crippen molar-refractivity contribution < 1.29 is 19.3 Å². The Morgan fingerprint density at radius 1 is 0.833 bits per heavy atom. The molecule has 7 nitrogen and oxygen atoms in total. The quantitative estimate of drug-likeness (QED) is 0.436. The van der Waals surface area contributed by atoms with Crippen molar-refractivity contribution in [1.29, 1.82) is 0 Å². The fourth-order valence-corrected chi connectivity index (χ4v) is 3.79. The van der Waals surface area contributed by atoms with E-state index in [9.17, 15) is 0 Å². The first kappa shape index (κ1) is 29.7. The maximum atomic E-state index is 7.57. The van der Waals surface area contributed by atoms with Crippen LogP contribution in [0, 0.1) is 0 Å². The summed E-state index contributed by atoms with van der Waals surface area (Å²) in [6, 6.07) is 0. The molecule has 0 aromatic rings. The van der Waals surface area contributed by atoms with Crippen LogP contribution >= 0.6 is 0 Å². The second kappa shape index (κ2) is 18.3. The van der Waals surface area contributed by atoms with Crippen molar-refractivity contribution in [1.82, 2.24) is 15.5 Å². The Kier molecular flexibility index (Phi) is 18.1. The standard InChI is InChI=1S/C21H45N3O3.C2H6O/c1-18(25-4)7-10-21(11-8-19(2)26-5)17-23-13-12-22-14-16-24(21)15-9-20(3)27-6;1-2-3/h18-20,22-23H,7-17H2,1-6H3;3H,2H2,1H3. The number of hydrogen-bond acceptors (Lipinski definition) is 7. The number of nitrogens with zero attached hydrogens (tertiary/aromatic N) is 1. The van der Waals surface area contributed by atoms with Gasteiger partial charge in [-0.3, -0.25) is 4.90 Å². The Bertz CT molecular complexity index is 373. The number of nitrogens with one attached hydrogen (secondary N) is 2. The normalized spacial score (nSPS) is 24.0. The van der Waals surface area contributed by atoms with Gasteiger partial charge in [0, 0.05) is 72.7 Å². The van der Waals surface area contributed by atoms with E-state index in [2.05, 4.69) is 36.3 Å². The summed E-state index contributed by atoms with van der Waals surface area (Å²) in [4.78, 5) is 2.71. The topological polar surface area (TPSA) is 75.2 Å². The zero-order valence-electron chi connectivity index (χ0n) is 20.8. The van der Waals surface area contributed by atoms with Gasteiger partial charge in [-0.1, -0.05) is 0 Å².